The fourth-order valence-electron chi connectivity index (χ4n) is 3.26. The lowest BCUT2D eigenvalue weighted by molar-refractivity contribution is 0.760. The zero-order chi connectivity index (χ0) is 19.1. The summed E-state index contributed by atoms with van der Waals surface area (Å²) in [6.07, 6.45) is 3.50. The highest BCUT2D eigenvalue weighted by Gasteiger charge is 2.14. The maximum absolute atomic E-state index is 12.9. The zero-order valence-corrected chi connectivity index (χ0v) is 15.4. The van der Waals surface area contributed by atoms with E-state index in [9.17, 15) is 4.79 Å². The minimum Gasteiger partial charge on any atom is -0.309 e. The Morgan fingerprint density at radius 1 is 0.929 bits per heavy atom. The molecule has 0 saturated heterocycles. The van der Waals surface area contributed by atoms with Crippen LogP contribution in [0.5, 0.6) is 0 Å². The van der Waals surface area contributed by atoms with E-state index in [2.05, 4.69) is 15.3 Å². The first-order chi connectivity index (χ1) is 13.7. The Kier molecular flexibility index (Phi) is 3.91. The van der Waals surface area contributed by atoms with E-state index in [1.165, 1.54) is 0 Å². The Balaban J connectivity index is 1.63. The van der Waals surface area contributed by atoms with Crippen molar-refractivity contribution in [3.05, 3.63) is 94.0 Å². The molecule has 0 bridgehead atoms. The monoisotopic (exact) mass is 387 g/mol. The van der Waals surface area contributed by atoms with Crippen molar-refractivity contribution in [1.29, 1.82) is 0 Å². The van der Waals surface area contributed by atoms with Crippen LogP contribution < -0.4 is 5.56 Å². The van der Waals surface area contributed by atoms with Gasteiger partial charge in [-0.15, -0.1) is 10.2 Å². The Morgan fingerprint density at radius 3 is 2.50 bits per heavy atom. The topological polar surface area (TPSA) is 65.1 Å². The fraction of sp³-hybridized carbons (Fsp3) is 0.0476. The van der Waals surface area contributed by atoms with Gasteiger partial charge in [0.15, 0.2) is 11.2 Å². The quantitative estimate of drug-likeness (QED) is 0.472. The van der Waals surface area contributed by atoms with Crippen molar-refractivity contribution >= 4 is 28.3 Å². The first-order valence-electron chi connectivity index (χ1n) is 8.74. The standard InChI is InChI=1S/C21H14ClN5O/c22-16-8-6-14(7-9-16)13-26-11-10-18-19(21(26)28)24-25-20-17(12-23-27(18)20)15-4-2-1-3-5-15/h1-12H,13H2. The molecule has 2 aromatic carbocycles. The summed E-state index contributed by atoms with van der Waals surface area (Å²) < 4.78 is 3.27. The molecule has 0 atom stereocenters. The Morgan fingerprint density at radius 2 is 1.71 bits per heavy atom. The molecule has 28 heavy (non-hydrogen) atoms. The van der Waals surface area contributed by atoms with Gasteiger partial charge in [0, 0.05) is 16.8 Å². The normalized spacial score (nSPS) is 11.3. The lowest BCUT2D eigenvalue weighted by Gasteiger charge is -2.08. The lowest BCUT2D eigenvalue weighted by Crippen LogP contribution is -2.22. The van der Waals surface area contributed by atoms with E-state index in [0.717, 1.165) is 16.7 Å². The van der Waals surface area contributed by atoms with Crippen LogP contribution in [-0.4, -0.2) is 24.4 Å². The summed E-state index contributed by atoms with van der Waals surface area (Å²) in [7, 11) is 0. The molecule has 0 aliphatic heterocycles. The molecule has 5 rings (SSSR count). The molecule has 136 valence electrons. The van der Waals surface area contributed by atoms with Crippen LogP contribution in [0.3, 0.4) is 0 Å². The smallest absolute Gasteiger partial charge is 0.280 e. The van der Waals surface area contributed by atoms with Gasteiger partial charge in [-0.2, -0.15) is 5.10 Å². The molecule has 5 aromatic rings. The summed E-state index contributed by atoms with van der Waals surface area (Å²) in [6.45, 7) is 0.431. The Hall–Kier alpha value is -3.51. The SMILES string of the molecule is O=c1c2nnc3c(-c4ccccc4)cnn3c2ccn1Cc1ccc(Cl)cc1. The third-order valence-electron chi connectivity index (χ3n) is 4.69. The second kappa shape index (κ2) is 6.58. The highest BCUT2D eigenvalue weighted by Crippen LogP contribution is 2.24. The van der Waals surface area contributed by atoms with Gasteiger partial charge in [0.05, 0.1) is 12.7 Å². The molecule has 0 radical (unpaired) electrons. The molecule has 0 saturated carbocycles. The van der Waals surface area contributed by atoms with Crippen LogP contribution in [0.25, 0.3) is 27.8 Å². The van der Waals surface area contributed by atoms with E-state index in [1.54, 1.807) is 33.6 Å². The van der Waals surface area contributed by atoms with Gasteiger partial charge < -0.3 is 4.57 Å². The summed E-state index contributed by atoms with van der Waals surface area (Å²) >= 11 is 5.93. The van der Waals surface area contributed by atoms with Crippen molar-refractivity contribution in [2.45, 2.75) is 6.54 Å². The van der Waals surface area contributed by atoms with Crippen LogP contribution in [0.1, 0.15) is 5.56 Å². The second-order valence-corrected chi connectivity index (χ2v) is 6.91. The molecule has 3 heterocycles. The van der Waals surface area contributed by atoms with Crippen LogP contribution >= 0.6 is 11.6 Å². The van der Waals surface area contributed by atoms with Crippen molar-refractivity contribution in [2.75, 3.05) is 0 Å². The molecule has 3 aromatic heterocycles. The number of aromatic nitrogens is 5. The molecule has 0 N–H and O–H groups in total. The number of nitrogens with zero attached hydrogens (tertiary/aromatic N) is 5. The molecule has 7 heteroatoms. The summed E-state index contributed by atoms with van der Waals surface area (Å²) in [4.78, 5) is 12.9. The summed E-state index contributed by atoms with van der Waals surface area (Å²) in [6, 6.07) is 19.1. The van der Waals surface area contributed by atoms with Crippen LogP contribution in [0.2, 0.25) is 5.02 Å². The highest BCUT2D eigenvalue weighted by molar-refractivity contribution is 6.30. The number of halogens is 1. The predicted octanol–water partition coefficient (Wildman–Crippen LogP) is 3.81. The maximum Gasteiger partial charge on any atom is 0.280 e. The molecular formula is C21H14ClN5O. The number of hydrogen-bond acceptors (Lipinski definition) is 4. The van der Waals surface area contributed by atoms with E-state index < -0.39 is 0 Å². The van der Waals surface area contributed by atoms with Crippen molar-refractivity contribution in [2.24, 2.45) is 0 Å². The van der Waals surface area contributed by atoms with Gasteiger partial charge in [0.2, 0.25) is 0 Å². The molecule has 0 fully saturated rings. The van der Waals surface area contributed by atoms with Crippen molar-refractivity contribution in [3.63, 3.8) is 0 Å². The first-order valence-corrected chi connectivity index (χ1v) is 9.12. The lowest BCUT2D eigenvalue weighted by atomic mass is 10.1. The van der Waals surface area contributed by atoms with Crippen LogP contribution in [0.15, 0.2) is 77.9 Å². The van der Waals surface area contributed by atoms with E-state index in [1.807, 2.05) is 48.5 Å². The average molecular weight is 388 g/mol. The van der Waals surface area contributed by atoms with Crippen molar-refractivity contribution < 1.29 is 0 Å². The van der Waals surface area contributed by atoms with Crippen molar-refractivity contribution in [3.8, 4) is 11.1 Å². The average Bonchev–Trinajstić information content (AvgIpc) is 3.17. The zero-order valence-electron chi connectivity index (χ0n) is 14.7. The van der Waals surface area contributed by atoms with E-state index in [4.69, 9.17) is 11.6 Å². The maximum atomic E-state index is 12.9. The molecule has 0 spiro atoms. The van der Waals surface area contributed by atoms with E-state index >= 15 is 0 Å². The third-order valence-corrected chi connectivity index (χ3v) is 4.94. The molecule has 0 amide bonds. The third kappa shape index (κ3) is 2.75. The van der Waals surface area contributed by atoms with Gasteiger partial charge in [-0.05, 0) is 29.3 Å². The summed E-state index contributed by atoms with van der Waals surface area (Å²) in [5.74, 6) is 0. The van der Waals surface area contributed by atoms with Gasteiger partial charge >= 0.3 is 0 Å². The van der Waals surface area contributed by atoms with E-state index in [-0.39, 0.29) is 11.1 Å². The van der Waals surface area contributed by atoms with Crippen LogP contribution in [0.4, 0.5) is 0 Å². The summed E-state index contributed by atoms with van der Waals surface area (Å²) in [5.41, 5.74) is 4.18. The second-order valence-electron chi connectivity index (χ2n) is 6.47. The minimum absolute atomic E-state index is 0.210. The number of fused-ring (bicyclic) bond motifs is 3. The Bertz CT molecular complexity index is 1360. The largest absolute Gasteiger partial charge is 0.309 e. The molecule has 0 unspecified atom stereocenters. The van der Waals surface area contributed by atoms with Gasteiger partial charge in [0.25, 0.3) is 5.56 Å². The number of hydrogen-bond donors (Lipinski definition) is 0. The molecule has 0 aliphatic carbocycles. The molecule has 0 aliphatic rings. The minimum atomic E-state index is -0.210. The van der Waals surface area contributed by atoms with Crippen LogP contribution in [0, 0.1) is 0 Å². The van der Waals surface area contributed by atoms with Gasteiger partial charge in [0.1, 0.15) is 5.52 Å². The first kappa shape index (κ1) is 16.6. The number of benzene rings is 2. The molecule has 6 nitrogen and oxygen atoms in total. The van der Waals surface area contributed by atoms with Crippen molar-refractivity contribution in [1.82, 2.24) is 24.4 Å². The summed E-state index contributed by atoms with van der Waals surface area (Å²) in [5, 5.41) is 13.6. The van der Waals surface area contributed by atoms with Gasteiger partial charge in [-0.25, -0.2) is 4.52 Å². The van der Waals surface area contributed by atoms with Gasteiger partial charge in [-0.1, -0.05) is 54.1 Å². The van der Waals surface area contributed by atoms with Crippen LogP contribution in [-0.2, 0) is 6.54 Å². The molecular weight excluding hydrogens is 374 g/mol. The Labute approximate surface area is 164 Å². The van der Waals surface area contributed by atoms with Gasteiger partial charge in [-0.3, -0.25) is 4.79 Å². The van der Waals surface area contributed by atoms with E-state index in [0.29, 0.717) is 22.7 Å². The highest BCUT2D eigenvalue weighted by atomic mass is 35.5. The predicted molar refractivity (Wildman–Crippen MR) is 109 cm³/mol. The number of pyridine rings is 1. The number of rotatable bonds is 3. The fourth-order valence-corrected chi connectivity index (χ4v) is 3.39.